The standard InChI is InChI=1S/C16H24N2/c1-5-16(2,3)18(4)13-15-10-7-6-9-14(15)11-8-12-17/h6-7,9-10H,5,12-13,17H2,1-4H3. The number of rotatable bonds is 4. The summed E-state index contributed by atoms with van der Waals surface area (Å²) in [6.07, 6.45) is 1.13. The summed E-state index contributed by atoms with van der Waals surface area (Å²) in [6.45, 7) is 8.07. The molecule has 98 valence electrons. The average Bonchev–Trinajstić information content (AvgIpc) is 2.37. The first-order valence-electron chi connectivity index (χ1n) is 6.49. The normalized spacial score (nSPS) is 11.2. The maximum absolute atomic E-state index is 5.43. The molecule has 0 atom stereocenters. The van der Waals surface area contributed by atoms with Gasteiger partial charge in [-0.15, -0.1) is 0 Å². The van der Waals surface area contributed by atoms with E-state index in [1.807, 2.05) is 6.07 Å². The van der Waals surface area contributed by atoms with E-state index < -0.39 is 0 Å². The minimum Gasteiger partial charge on any atom is -0.320 e. The fourth-order valence-electron chi connectivity index (χ4n) is 1.67. The van der Waals surface area contributed by atoms with Crippen LogP contribution in [0.25, 0.3) is 0 Å². The Morgan fingerprint density at radius 2 is 1.94 bits per heavy atom. The van der Waals surface area contributed by atoms with Gasteiger partial charge in [-0.25, -0.2) is 0 Å². The van der Waals surface area contributed by atoms with Crippen molar-refractivity contribution in [3.05, 3.63) is 35.4 Å². The van der Waals surface area contributed by atoms with Crippen LogP contribution >= 0.6 is 0 Å². The third kappa shape index (κ3) is 3.87. The minimum absolute atomic E-state index is 0.203. The van der Waals surface area contributed by atoms with Crippen LogP contribution in [-0.4, -0.2) is 24.0 Å². The Labute approximate surface area is 111 Å². The first-order chi connectivity index (χ1) is 8.51. The topological polar surface area (TPSA) is 29.3 Å². The van der Waals surface area contributed by atoms with Crippen LogP contribution in [0.3, 0.4) is 0 Å². The number of nitrogens with two attached hydrogens (primary N) is 1. The molecule has 1 aromatic carbocycles. The van der Waals surface area contributed by atoms with Crippen LogP contribution in [0.2, 0.25) is 0 Å². The fourth-order valence-corrected chi connectivity index (χ4v) is 1.67. The highest BCUT2D eigenvalue weighted by molar-refractivity contribution is 5.41. The van der Waals surface area contributed by atoms with Crippen LogP contribution in [0.15, 0.2) is 24.3 Å². The molecule has 1 rings (SSSR count). The Balaban J connectivity index is 2.91. The molecule has 0 amide bonds. The van der Waals surface area contributed by atoms with Crippen LogP contribution in [0.1, 0.15) is 38.3 Å². The summed E-state index contributed by atoms with van der Waals surface area (Å²) in [6, 6.07) is 8.29. The first kappa shape index (κ1) is 14.8. The van der Waals surface area contributed by atoms with Crippen molar-refractivity contribution in [2.24, 2.45) is 5.73 Å². The maximum atomic E-state index is 5.43. The van der Waals surface area contributed by atoms with Crippen molar-refractivity contribution in [3.63, 3.8) is 0 Å². The van der Waals surface area contributed by atoms with Crippen LogP contribution in [-0.2, 0) is 6.54 Å². The second kappa shape index (κ2) is 6.58. The minimum atomic E-state index is 0.203. The summed E-state index contributed by atoms with van der Waals surface area (Å²) in [5.74, 6) is 6.08. The Bertz CT molecular complexity index is 438. The van der Waals surface area contributed by atoms with E-state index in [9.17, 15) is 0 Å². The summed E-state index contributed by atoms with van der Waals surface area (Å²) in [5, 5.41) is 0. The molecule has 2 N–H and O–H groups in total. The lowest BCUT2D eigenvalue weighted by Crippen LogP contribution is -2.39. The van der Waals surface area contributed by atoms with E-state index in [0.29, 0.717) is 6.54 Å². The summed E-state index contributed by atoms with van der Waals surface area (Å²) in [7, 11) is 2.16. The highest BCUT2D eigenvalue weighted by Gasteiger charge is 2.21. The van der Waals surface area contributed by atoms with Gasteiger partial charge >= 0.3 is 0 Å². The molecule has 0 radical (unpaired) electrons. The molecule has 2 nitrogen and oxygen atoms in total. The molecule has 0 fully saturated rings. The van der Waals surface area contributed by atoms with Crippen LogP contribution in [0.5, 0.6) is 0 Å². The van der Waals surface area contributed by atoms with Crippen molar-refractivity contribution < 1.29 is 0 Å². The van der Waals surface area contributed by atoms with Gasteiger partial charge in [0.05, 0.1) is 6.54 Å². The van der Waals surface area contributed by atoms with E-state index >= 15 is 0 Å². The summed E-state index contributed by atoms with van der Waals surface area (Å²) in [4.78, 5) is 2.37. The number of benzene rings is 1. The van der Waals surface area contributed by atoms with Gasteiger partial charge < -0.3 is 5.73 Å². The van der Waals surface area contributed by atoms with Crippen LogP contribution < -0.4 is 5.73 Å². The quantitative estimate of drug-likeness (QED) is 0.825. The second-order valence-electron chi connectivity index (χ2n) is 5.19. The number of hydrogen-bond donors (Lipinski definition) is 1. The van der Waals surface area contributed by atoms with Gasteiger partial charge in [0.1, 0.15) is 0 Å². The molecule has 1 aromatic rings. The lowest BCUT2D eigenvalue weighted by atomic mass is 9.98. The van der Waals surface area contributed by atoms with Crippen molar-refractivity contribution in [1.29, 1.82) is 0 Å². The van der Waals surface area contributed by atoms with Crippen LogP contribution in [0.4, 0.5) is 0 Å². The van der Waals surface area contributed by atoms with Gasteiger partial charge in [-0.05, 0) is 38.9 Å². The molecule has 0 saturated carbocycles. The lowest BCUT2D eigenvalue weighted by molar-refractivity contribution is 0.143. The number of nitrogens with zero attached hydrogens (tertiary/aromatic N) is 1. The fraction of sp³-hybridized carbons (Fsp3) is 0.500. The first-order valence-corrected chi connectivity index (χ1v) is 6.49. The Morgan fingerprint density at radius 3 is 2.56 bits per heavy atom. The highest BCUT2D eigenvalue weighted by atomic mass is 15.2. The molecule has 0 unspecified atom stereocenters. The Hall–Kier alpha value is -1.30. The van der Waals surface area contributed by atoms with Gasteiger partial charge in [0, 0.05) is 17.6 Å². The van der Waals surface area contributed by atoms with E-state index in [1.165, 1.54) is 5.56 Å². The molecule has 0 aliphatic rings. The largest absolute Gasteiger partial charge is 0.320 e. The monoisotopic (exact) mass is 244 g/mol. The van der Waals surface area contributed by atoms with E-state index in [-0.39, 0.29) is 5.54 Å². The predicted octanol–water partition coefficient (Wildman–Crippen LogP) is 2.62. The molecule has 2 heteroatoms. The lowest BCUT2D eigenvalue weighted by Gasteiger charge is -2.35. The van der Waals surface area contributed by atoms with Crippen LogP contribution in [0, 0.1) is 11.8 Å². The third-order valence-electron chi connectivity index (χ3n) is 3.65. The van der Waals surface area contributed by atoms with Crippen molar-refractivity contribution in [2.45, 2.75) is 39.3 Å². The maximum Gasteiger partial charge on any atom is 0.0555 e. The van der Waals surface area contributed by atoms with Gasteiger partial charge in [-0.2, -0.15) is 0 Å². The van der Waals surface area contributed by atoms with E-state index in [2.05, 4.69) is 62.8 Å². The molecule has 18 heavy (non-hydrogen) atoms. The molecule has 0 heterocycles. The Morgan fingerprint density at radius 1 is 1.28 bits per heavy atom. The van der Waals surface area contributed by atoms with Crippen molar-refractivity contribution in [3.8, 4) is 11.8 Å². The van der Waals surface area contributed by atoms with Crippen molar-refractivity contribution in [1.82, 2.24) is 4.90 Å². The molecular formula is C16H24N2. The van der Waals surface area contributed by atoms with Crippen molar-refractivity contribution in [2.75, 3.05) is 13.6 Å². The molecule has 0 aliphatic heterocycles. The summed E-state index contributed by atoms with van der Waals surface area (Å²) < 4.78 is 0. The zero-order chi connectivity index (χ0) is 13.6. The third-order valence-corrected chi connectivity index (χ3v) is 3.65. The van der Waals surface area contributed by atoms with E-state index in [1.54, 1.807) is 0 Å². The SMILES string of the molecule is CCC(C)(C)N(C)Cc1ccccc1C#CCN. The highest BCUT2D eigenvalue weighted by Crippen LogP contribution is 2.20. The molecule has 0 aromatic heterocycles. The molecular weight excluding hydrogens is 220 g/mol. The molecule has 0 bridgehead atoms. The Kier molecular flexibility index (Phi) is 5.40. The molecule has 0 aliphatic carbocycles. The van der Waals surface area contributed by atoms with Gasteiger partial charge in [0.25, 0.3) is 0 Å². The predicted molar refractivity (Wildman–Crippen MR) is 78.2 cm³/mol. The summed E-state index contributed by atoms with van der Waals surface area (Å²) >= 11 is 0. The molecule has 0 spiro atoms. The summed E-state index contributed by atoms with van der Waals surface area (Å²) in [5.41, 5.74) is 7.99. The zero-order valence-electron chi connectivity index (χ0n) is 12.0. The van der Waals surface area contributed by atoms with Gasteiger partial charge in [-0.1, -0.05) is 37.0 Å². The van der Waals surface area contributed by atoms with E-state index in [0.717, 1.165) is 18.5 Å². The van der Waals surface area contributed by atoms with Crippen molar-refractivity contribution >= 4 is 0 Å². The molecule has 0 saturated heterocycles. The number of hydrogen-bond acceptors (Lipinski definition) is 2. The van der Waals surface area contributed by atoms with Gasteiger partial charge in [0.15, 0.2) is 0 Å². The average molecular weight is 244 g/mol. The zero-order valence-corrected chi connectivity index (χ0v) is 12.0. The smallest absolute Gasteiger partial charge is 0.0555 e. The van der Waals surface area contributed by atoms with Gasteiger partial charge in [-0.3, -0.25) is 4.90 Å². The van der Waals surface area contributed by atoms with Gasteiger partial charge in [0.2, 0.25) is 0 Å². The van der Waals surface area contributed by atoms with E-state index in [4.69, 9.17) is 5.73 Å². The second-order valence-corrected chi connectivity index (χ2v) is 5.19.